The Kier molecular flexibility index (Phi) is 3.76. The van der Waals surface area contributed by atoms with Crippen molar-refractivity contribution >= 4 is 5.84 Å². The Morgan fingerprint density at radius 3 is 2.15 bits per heavy atom. The zero-order chi connectivity index (χ0) is 9.73. The molecule has 0 radical (unpaired) electrons. The number of hydrogen-bond acceptors (Lipinski definition) is 1. The van der Waals surface area contributed by atoms with Crippen molar-refractivity contribution < 1.29 is 0 Å². The third-order valence-corrected chi connectivity index (χ3v) is 3.19. The molecule has 0 unspecified atom stereocenters. The predicted octanol–water partition coefficient (Wildman–Crippen LogP) is 3.08. The molecule has 1 fully saturated rings. The molecule has 76 valence electrons. The lowest BCUT2D eigenvalue weighted by Gasteiger charge is -2.33. The van der Waals surface area contributed by atoms with Crippen LogP contribution in [-0.2, 0) is 0 Å². The minimum atomic E-state index is 0.252. The summed E-state index contributed by atoms with van der Waals surface area (Å²) in [5.41, 5.74) is 0.252. The summed E-state index contributed by atoms with van der Waals surface area (Å²) >= 11 is 0. The van der Waals surface area contributed by atoms with E-state index in [2.05, 4.69) is 12.2 Å². The quantitative estimate of drug-likeness (QED) is 0.384. The van der Waals surface area contributed by atoms with Gasteiger partial charge in [0.05, 0.1) is 5.84 Å². The first-order chi connectivity index (χ1) is 6.18. The smallest absolute Gasteiger partial charge is 0.0904 e. The second-order valence-corrected chi connectivity index (χ2v) is 4.30. The lowest BCUT2D eigenvalue weighted by Crippen LogP contribution is -2.46. The number of amidine groups is 1. The summed E-state index contributed by atoms with van der Waals surface area (Å²) < 4.78 is 0. The average molecular weight is 182 g/mol. The van der Waals surface area contributed by atoms with Gasteiger partial charge in [0.15, 0.2) is 0 Å². The Hall–Kier alpha value is -0.530. The normalized spacial score (nSPS) is 22.0. The van der Waals surface area contributed by atoms with Crippen LogP contribution in [0, 0.1) is 5.41 Å². The van der Waals surface area contributed by atoms with Crippen LogP contribution in [0.4, 0.5) is 0 Å². The van der Waals surface area contributed by atoms with E-state index >= 15 is 0 Å². The molecule has 0 aliphatic heterocycles. The first-order valence-corrected chi connectivity index (χ1v) is 5.52. The first-order valence-electron chi connectivity index (χ1n) is 5.52. The van der Waals surface area contributed by atoms with Gasteiger partial charge < -0.3 is 5.32 Å². The fourth-order valence-corrected chi connectivity index (χ4v) is 2.37. The maximum atomic E-state index is 7.52. The van der Waals surface area contributed by atoms with Crippen molar-refractivity contribution in [1.29, 1.82) is 5.41 Å². The van der Waals surface area contributed by atoms with Gasteiger partial charge in [-0.25, -0.2) is 0 Å². The summed E-state index contributed by atoms with van der Waals surface area (Å²) in [7, 11) is 0. The average Bonchev–Trinajstić information content (AvgIpc) is 2.30. The lowest BCUT2D eigenvalue weighted by molar-refractivity contribution is 0.318. The van der Waals surface area contributed by atoms with Crippen molar-refractivity contribution in [3.63, 3.8) is 0 Å². The highest BCUT2D eigenvalue weighted by Crippen LogP contribution is 2.29. The van der Waals surface area contributed by atoms with Crippen LogP contribution in [0.1, 0.15) is 58.8 Å². The highest BCUT2D eigenvalue weighted by atomic mass is 15.0. The fraction of sp³-hybridized carbons (Fsp3) is 0.909. The molecule has 0 aromatic rings. The molecule has 1 saturated carbocycles. The van der Waals surface area contributed by atoms with E-state index in [0.717, 1.165) is 6.42 Å². The van der Waals surface area contributed by atoms with E-state index < -0.39 is 0 Å². The topological polar surface area (TPSA) is 35.9 Å². The zero-order valence-corrected chi connectivity index (χ0v) is 8.95. The Morgan fingerprint density at radius 2 is 1.77 bits per heavy atom. The maximum absolute atomic E-state index is 7.52. The molecule has 0 atom stereocenters. The van der Waals surface area contributed by atoms with Crippen LogP contribution in [0.3, 0.4) is 0 Å². The first kappa shape index (κ1) is 10.6. The van der Waals surface area contributed by atoms with Gasteiger partial charge in [-0.2, -0.15) is 0 Å². The van der Waals surface area contributed by atoms with Crippen molar-refractivity contribution in [1.82, 2.24) is 5.32 Å². The van der Waals surface area contributed by atoms with Crippen molar-refractivity contribution in [2.75, 3.05) is 0 Å². The Balaban J connectivity index is 2.58. The highest BCUT2D eigenvalue weighted by molar-refractivity contribution is 5.76. The van der Waals surface area contributed by atoms with Crippen LogP contribution >= 0.6 is 0 Å². The van der Waals surface area contributed by atoms with Gasteiger partial charge in [0.2, 0.25) is 0 Å². The second-order valence-electron chi connectivity index (χ2n) is 4.30. The summed E-state index contributed by atoms with van der Waals surface area (Å²) in [6, 6.07) is 0. The molecule has 0 spiro atoms. The molecule has 0 bridgehead atoms. The van der Waals surface area contributed by atoms with Crippen molar-refractivity contribution in [3.8, 4) is 0 Å². The van der Waals surface area contributed by atoms with E-state index in [9.17, 15) is 0 Å². The molecule has 0 heterocycles. The number of nitrogens with one attached hydrogen (secondary N) is 2. The molecular weight excluding hydrogens is 160 g/mol. The van der Waals surface area contributed by atoms with Gasteiger partial charge in [-0.15, -0.1) is 0 Å². The van der Waals surface area contributed by atoms with Crippen LogP contribution in [-0.4, -0.2) is 11.4 Å². The van der Waals surface area contributed by atoms with Crippen LogP contribution in [0.5, 0.6) is 0 Å². The Bertz CT molecular complexity index is 167. The van der Waals surface area contributed by atoms with Gasteiger partial charge in [0.1, 0.15) is 0 Å². The summed E-state index contributed by atoms with van der Waals surface area (Å²) in [5.74, 6) is 0.628. The van der Waals surface area contributed by atoms with Crippen molar-refractivity contribution in [3.05, 3.63) is 0 Å². The largest absolute Gasteiger partial charge is 0.369 e. The molecule has 2 heteroatoms. The van der Waals surface area contributed by atoms with Gasteiger partial charge in [0.25, 0.3) is 0 Å². The Morgan fingerprint density at radius 1 is 1.23 bits per heavy atom. The molecule has 2 nitrogen and oxygen atoms in total. The lowest BCUT2D eigenvalue weighted by atomic mass is 9.87. The van der Waals surface area contributed by atoms with E-state index in [4.69, 9.17) is 5.41 Å². The molecule has 0 aromatic heterocycles. The van der Waals surface area contributed by atoms with E-state index in [-0.39, 0.29) is 5.54 Å². The molecule has 1 rings (SSSR count). The van der Waals surface area contributed by atoms with Gasteiger partial charge in [0, 0.05) is 5.54 Å². The van der Waals surface area contributed by atoms with Crippen LogP contribution in [0.15, 0.2) is 0 Å². The van der Waals surface area contributed by atoms with Gasteiger partial charge >= 0.3 is 0 Å². The van der Waals surface area contributed by atoms with E-state index in [0.29, 0.717) is 5.84 Å². The molecular formula is C11H22N2. The molecule has 0 saturated heterocycles. The van der Waals surface area contributed by atoms with E-state index in [1.54, 1.807) is 0 Å². The summed E-state index contributed by atoms with van der Waals surface area (Å²) in [4.78, 5) is 0. The van der Waals surface area contributed by atoms with Crippen molar-refractivity contribution in [2.24, 2.45) is 0 Å². The SMILES string of the molecule is CCC1(NC(C)=N)CCCCCC1. The molecule has 1 aliphatic carbocycles. The van der Waals surface area contributed by atoms with E-state index in [1.807, 2.05) is 6.92 Å². The Labute approximate surface area is 81.6 Å². The molecule has 2 N–H and O–H groups in total. The molecule has 0 aromatic carbocycles. The maximum Gasteiger partial charge on any atom is 0.0904 e. The minimum absolute atomic E-state index is 0.252. The number of rotatable bonds is 2. The minimum Gasteiger partial charge on any atom is -0.369 e. The summed E-state index contributed by atoms with van der Waals surface area (Å²) in [5, 5.41) is 10.9. The predicted molar refractivity (Wildman–Crippen MR) is 57.3 cm³/mol. The summed E-state index contributed by atoms with van der Waals surface area (Å²) in [6.45, 7) is 4.09. The molecule has 0 amide bonds. The molecule has 1 aliphatic rings. The van der Waals surface area contributed by atoms with Gasteiger partial charge in [-0.05, 0) is 26.2 Å². The van der Waals surface area contributed by atoms with Gasteiger partial charge in [-0.3, -0.25) is 5.41 Å². The van der Waals surface area contributed by atoms with E-state index in [1.165, 1.54) is 38.5 Å². The highest BCUT2D eigenvalue weighted by Gasteiger charge is 2.28. The van der Waals surface area contributed by atoms with Crippen molar-refractivity contribution in [2.45, 2.75) is 64.3 Å². The zero-order valence-electron chi connectivity index (χ0n) is 8.95. The monoisotopic (exact) mass is 182 g/mol. The van der Waals surface area contributed by atoms with Crippen LogP contribution in [0.25, 0.3) is 0 Å². The third kappa shape index (κ3) is 3.02. The third-order valence-electron chi connectivity index (χ3n) is 3.19. The van der Waals surface area contributed by atoms with Gasteiger partial charge in [-0.1, -0.05) is 32.6 Å². The fourth-order valence-electron chi connectivity index (χ4n) is 2.37. The number of hydrogen-bond donors (Lipinski definition) is 2. The van der Waals surface area contributed by atoms with Crippen LogP contribution < -0.4 is 5.32 Å². The summed E-state index contributed by atoms with van der Waals surface area (Å²) in [6.07, 6.45) is 9.06. The standard InChI is InChI=1S/C11H22N2/c1-3-11(13-10(2)12)8-6-4-5-7-9-11/h3-9H2,1-2H3,(H2,12,13). The molecule has 13 heavy (non-hydrogen) atoms. The second kappa shape index (κ2) is 4.64. The van der Waals surface area contributed by atoms with Crippen LogP contribution in [0.2, 0.25) is 0 Å².